The van der Waals surface area contributed by atoms with Gasteiger partial charge in [0.1, 0.15) is 0 Å². The first-order chi connectivity index (χ1) is 6.70. The molecule has 0 spiro atoms. The van der Waals surface area contributed by atoms with Crippen LogP contribution in [0.15, 0.2) is 5.16 Å². The van der Waals surface area contributed by atoms with Gasteiger partial charge in [-0.25, -0.2) is 0 Å². The zero-order chi connectivity index (χ0) is 10.8. The Labute approximate surface area is 87.8 Å². The molecule has 0 heterocycles. The van der Waals surface area contributed by atoms with Crippen LogP contribution in [0.2, 0.25) is 0 Å². The van der Waals surface area contributed by atoms with E-state index >= 15 is 0 Å². The van der Waals surface area contributed by atoms with E-state index in [2.05, 4.69) is 17.0 Å². The van der Waals surface area contributed by atoms with E-state index in [9.17, 15) is 0 Å². The van der Waals surface area contributed by atoms with Gasteiger partial charge in [-0.05, 0) is 26.9 Å². The molecule has 0 fully saturated rings. The maximum atomic E-state index is 8.76. The molecule has 1 N–H and O–H groups in total. The number of oxime groups is 1. The molecule has 3 nitrogen and oxygen atoms in total. The highest BCUT2D eigenvalue weighted by molar-refractivity contribution is 5.83. The van der Waals surface area contributed by atoms with E-state index in [1.807, 2.05) is 14.1 Å². The van der Waals surface area contributed by atoms with E-state index in [1.165, 1.54) is 19.3 Å². The molecule has 14 heavy (non-hydrogen) atoms. The third-order valence-electron chi connectivity index (χ3n) is 2.31. The van der Waals surface area contributed by atoms with Crippen LogP contribution in [-0.2, 0) is 0 Å². The molecule has 0 aromatic heterocycles. The summed E-state index contributed by atoms with van der Waals surface area (Å²) in [5.41, 5.74) is 0.940. The third kappa shape index (κ3) is 8.05. The minimum absolute atomic E-state index is 0.885. The second-order valence-corrected chi connectivity index (χ2v) is 4.03. The predicted octanol–water partition coefficient (Wildman–Crippen LogP) is 2.74. The highest BCUT2D eigenvalue weighted by atomic mass is 16.4. The van der Waals surface area contributed by atoms with Gasteiger partial charge in [0.2, 0.25) is 0 Å². The van der Waals surface area contributed by atoms with Gasteiger partial charge in [0.15, 0.2) is 0 Å². The number of unbranched alkanes of at least 4 members (excludes halogenated alkanes) is 3. The van der Waals surface area contributed by atoms with Crippen molar-refractivity contribution in [1.29, 1.82) is 0 Å². The summed E-state index contributed by atoms with van der Waals surface area (Å²) in [5.74, 6) is 0. The molecule has 0 atom stereocenters. The van der Waals surface area contributed by atoms with Gasteiger partial charge < -0.3 is 10.1 Å². The SMILES string of the molecule is CCCCCCC(CCN(C)C)=NO. The molecule has 0 radical (unpaired) electrons. The normalized spacial score (nSPS) is 12.4. The van der Waals surface area contributed by atoms with Gasteiger partial charge in [0.05, 0.1) is 5.71 Å². The van der Waals surface area contributed by atoms with Crippen molar-refractivity contribution < 1.29 is 5.21 Å². The van der Waals surface area contributed by atoms with Crippen molar-refractivity contribution in [3.05, 3.63) is 0 Å². The summed E-state index contributed by atoms with van der Waals surface area (Å²) < 4.78 is 0. The van der Waals surface area contributed by atoms with Gasteiger partial charge in [0.25, 0.3) is 0 Å². The zero-order valence-corrected chi connectivity index (χ0v) is 9.79. The molecule has 0 amide bonds. The van der Waals surface area contributed by atoms with Crippen LogP contribution in [0, 0.1) is 0 Å². The Kier molecular flexibility index (Phi) is 8.64. The Morgan fingerprint density at radius 3 is 2.36 bits per heavy atom. The Balaban J connectivity index is 3.49. The molecular weight excluding hydrogens is 176 g/mol. The van der Waals surface area contributed by atoms with Crippen LogP contribution < -0.4 is 0 Å². The van der Waals surface area contributed by atoms with E-state index in [0.29, 0.717) is 0 Å². The summed E-state index contributed by atoms with van der Waals surface area (Å²) in [4.78, 5) is 2.11. The molecule has 0 rings (SSSR count). The molecule has 84 valence electrons. The Morgan fingerprint density at radius 2 is 1.86 bits per heavy atom. The minimum Gasteiger partial charge on any atom is -0.411 e. The highest BCUT2D eigenvalue weighted by Gasteiger charge is 2.01. The molecule has 0 bridgehead atoms. The highest BCUT2D eigenvalue weighted by Crippen LogP contribution is 2.05. The molecule has 0 unspecified atom stereocenters. The molecular formula is C11H24N2O. The maximum Gasteiger partial charge on any atom is 0.0583 e. The predicted molar refractivity (Wildman–Crippen MR) is 61.2 cm³/mol. The van der Waals surface area contributed by atoms with Crippen LogP contribution in [0.3, 0.4) is 0 Å². The van der Waals surface area contributed by atoms with E-state index < -0.39 is 0 Å². The van der Waals surface area contributed by atoms with Gasteiger partial charge >= 0.3 is 0 Å². The molecule has 0 saturated carbocycles. The molecule has 0 aliphatic heterocycles. The number of nitrogens with zero attached hydrogens (tertiary/aromatic N) is 2. The van der Waals surface area contributed by atoms with Crippen LogP contribution in [0.1, 0.15) is 45.4 Å². The molecule has 0 aliphatic rings. The fourth-order valence-electron chi connectivity index (χ4n) is 1.33. The fourth-order valence-corrected chi connectivity index (χ4v) is 1.33. The van der Waals surface area contributed by atoms with E-state index in [1.54, 1.807) is 0 Å². The maximum absolute atomic E-state index is 8.76. The van der Waals surface area contributed by atoms with E-state index in [-0.39, 0.29) is 0 Å². The van der Waals surface area contributed by atoms with Gasteiger partial charge in [-0.3, -0.25) is 0 Å². The fraction of sp³-hybridized carbons (Fsp3) is 0.909. The topological polar surface area (TPSA) is 35.8 Å². The Morgan fingerprint density at radius 1 is 1.14 bits per heavy atom. The first-order valence-corrected chi connectivity index (χ1v) is 5.55. The van der Waals surface area contributed by atoms with Gasteiger partial charge in [-0.15, -0.1) is 0 Å². The average molecular weight is 200 g/mol. The molecule has 3 heteroatoms. The third-order valence-corrected chi connectivity index (χ3v) is 2.31. The van der Waals surface area contributed by atoms with Crippen molar-refractivity contribution in [2.75, 3.05) is 20.6 Å². The largest absolute Gasteiger partial charge is 0.411 e. The van der Waals surface area contributed by atoms with E-state index in [4.69, 9.17) is 5.21 Å². The van der Waals surface area contributed by atoms with Crippen molar-refractivity contribution >= 4 is 5.71 Å². The van der Waals surface area contributed by atoms with Gasteiger partial charge in [0, 0.05) is 13.0 Å². The second-order valence-electron chi connectivity index (χ2n) is 4.03. The molecule has 0 aromatic rings. The van der Waals surface area contributed by atoms with E-state index in [0.717, 1.165) is 31.5 Å². The number of rotatable bonds is 8. The summed E-state index contributed by atoms with van der Waals surface area (Å²) in [7, 11) is 4.07. The van der Waals surface area contributed by atoms with Crippen LogP contribution in [0.4, 0.5) is 0 Å². The quantitative estimate of drug-likeness (QED) is 0.283. The first kappa shape index (κ1) is 13.4. The average Bonchev–Trinajstić information content (AvgIpc) is 2.16. The number of hydrogen-bond acceptors (Lipinski definition) is 3. The van der Waals surface area contributed by atoms with Crippen LogP contribution in [0.5, 0.6) is 0 Å². The lowest BCUT2D eigenvalue weighted by atomic mass is 10.1. The smallest absolute Gasteiger partial charge is 0.0583 e. The van der Waals surface area contributed by atoms with Crippen molar-refractivity contribution in [2.24, 2.45) is 5.16 Å². The van der Waals surface area contributed by atoms with Crippen LogP contribution in [-0.4, -0.2) is 36.5 Å². The Bertz CT molecular complexity index is 155. The van der Waals surface area contributed by atoms with Crippen LogP contribution in [0.25, 0.3) is 0 Å². The lowest BCUT2D eigenvalue weighted by Gasteiger charge is -2.09. The number of hydrogen-bond donors (Lipinski definition) is 1. The van der Waals surface area contributed by atoms with Crippen molar-refractivity contribution in [3.8, 4) is 0 Å². The zero-order valence-electron chi connectivity index (χ0n) is 9.79. The standard InChI is InChI=1S/C11H24N2O/c1-4-5-6-7-8-11(12-14)9-10-13(2)3/h14H,4-10H2,1-3H3. The van der Waals surface area contributed by atoms with Crippen molar-refractivity contribution in [2.45, 2.75) is 45.4 Å². The van der Waals surface area contributed by atoms with Gasteiger partial charge in [-0.1, -0.05) is 31.3 Å². The molecule has 0 aliphatic carbocycles. The lowest BCUT2D eigenvalue weighted by Crippen LogP contribution is -2.16. The second kappa shape index (κ2) is 9.00. The Hall–Kier alpha value is -0.570. The summed E-state index contributed by atoms with van der Waals surface area (Å²) in [6.45, 7) is 3.17. The first-order valence-electron chi connectivity index (χ1n) is 5.55. The summed E-state index contributed by atoms with van der Waals surface area (Å²) in [5, 5.41) is 12.1. The molecule has 0 saturated heterocycles. The summed E-state index contributed by atoms with van der Waals surface area (Å²) >= 11 is 0. The van der Waals surface area contributed by atoms with Crippen molar-refractivity contribution in [3.63, 3.8) is 0 Å². The summed E-state index contributed by atoms with van der Waals surface area (Å²) in [6, 6.07) is 0. The van der Waals surface area contributed by atoms with Crippen molar-refractivity contribution in [1.82, 2.24) is 4.90 Å². The van der Waals surface area contributed by atoms with Gasteiger partial charge in [-0.2, -0.15) is 0 Å². The lowest BCUT2D eigenvalue weighted by molar-refractivity contribution is 0.314. The minimum atomic E-state index is 0.885. The molecule has 0 aromatic carbocycles. The summed E-state index contributed by atoms with van der Waals surface area (Å²) in [6.07, 6.45) is 6.77. The van der Waals surface area contributed by atoms with Crippen LogP contribution >= 0.6 is 0 Å². The monoisotopic (exact) mass is 200 g/mol.